The number of rotatable bonds is 4. The van der Waals surface area contributed by atoms with Crippen LogP contribution < -0.4 is 0 Å². The maximum Gasteiger partial charge on any atom is 0.310 e. The molecule has 1 N–H and O–H groups in total. The quantitative estimate of drug-likeness (QED) is 0.906. The Labute approximate surface area is 114 Å². The van der Waals surface area contributed by atoms with E-state index in [-0.39, 0.29) is 0 Å². The third-order valence-corrected chi connectivity index (χ3v) is 4.50. The summed E-state index contributed by atoms with van der Waals surface area (Å²) in [7, 11) is 0. The number of hydrogen-bond acceptors (Lipinski definition) is 3. The molecule has 4 nitrogen and oxygen atoms in total. The van der Waals surface area contributed by atoms with Crippen LogP contribution in [-0.4, -0.2) is 21.0 Å². The molecule has 2 rings (SSSR count). The molecule has 0 spiro atoms. The molecule has 0 atom stereocenters. The zero-order valence-corrected chi connectivity index (χ0v) is 11.7. The number of carboxylic acid groups (broad SMARTS) is 1. The summed E-state index contributed by atoms with van der Waals surface area (Å²) in [6.45, 7) is 4.44. The van der Waals surface area contributed by atoms with Gasteiger partial charge in [-0.05, 0) is 43.6 Å². The van der Waals surface area contributed by atoms with Crippen molar-refractivity contribution in [1.82, 2.24) is 9.97 Å². The largest absolute Gasteiger partial charge is 0.481 e. The fourth-order valence-electron chi connectivity index (χ4n) is 3.05. The lowest BCUT2D eigenvalue weighted by Gasteiger charge is -2.37. The average molecular weight is 262 g/mol. The SMILES string of the molecule is CC(C)C1CCC(Cc2ncccn2)(C(=O)O)CC1. The number of hydrogen-bond donors (Lipinski definition) is 1. The van der Waals surface area contributed by atoms with E-state index in [1.165, 1.54) is 0 Å². The predicted octanol–water partition coefficient (Wildman–Crippen LogP) is 2.94. The first kappa shape index (κ1) is 14.0. The Morgan fingerprint density at radius 3 is 2.42 bits per heavy atom. The summed E-state index contributed by atoms with van der Waals surface area (Å²) in [6.07, 6.45) is 7.28. The Balaban J connectivity index is 2.11. The number of carbonyl (C=O) groups is 1. The maximum atomic E-state index is 11.7. The Hall–Kier alpha value is -1.45. The van der Waals surface area contributed by atoms with Gasteiger partial charge < -0.3 is 5.11 Å². The van der Waals surface area contributed by atoms with Crippen LogP contribution in [0.15, 0.2) is 18.5 Å². The fraction of sp³-hybridized carbons (Fsp3) is 0.667. The van der Waals surface area contributed by atoms with Crippen LogP contribution in [0, 0.1) is 17.3 Å². The molecule has 1 fully saturated rings. The molecule has 0 aliphatic heterocycles. The molecule has 0 saturated heterocycles. The van der Waals surface area contributed by atoms with Gasteiger partial charge in [-0.25, -0.2) is 9.97 Å². The predicted molar refractivity (Wildman–Crippen MR) is 72.6 cm³/mol. The van der Waals surface area contributed by atoms with Crippen molar-refractivity contribution in [3.63, 3.8) is 0 Å². The molecular weight excluding hydrogens is 240 g/mol. The molecule has 19 heavy (non-hydrogen) atoms. The molecule has 0 unspecified atom stereocenters. The van der Waals surface area contributed by atoms with Gasteiger partial charge in [0.05, 0.1) is 5.41 Å². The van der Waals surface area contributed by atoms with E-state index in [1.54, 1.807) is 18.5 Å². The molecule has 1 saturated carbocycles. The van der Waals surface area contributed by atoms with E-state index in [2.05, 4.69) is 23.8 Å². The van der Waals surface area contributed by atoms with Crippen LogP contribution in [0.3, 0.4) is 0 Å². The Bertz CT molecular complexity index is 423. The maximum absolute atomic E-state index is 11.7. The van der Waals surface area contributed by atoms with Gasteiger partial charge in [-0.2, -0.15) is 0 Å². The first-order valence-electron chi connectivity index (χ1n) is 7.03. The van der Waals surface area contributed by atoms with Crippen LogP contribution in [0.25, 0.3) is 0 Å². The summed E-state index contributed by atoms with van der Waals surface area (Å²) < 4.78 is 0. The van der Waals surface area contributed by atoms with Crippen molar-refractivity contribution in [2.24, 2.45) is 17.3 Å². The molecule has 0 bridgehead atoms. The summed E-state index contributed by atoms with van der Waals surface area (Å²) in [4.78, 5) is 20.1. The van der Waals surface area contributed by atoms with Crippen LogP contribution in [0.5, 0.6) is 0 Å². The zero-order valence-electron chi connectivity index (χ0n) is 11.7. The lowest BCUT2D eigenvalue weighted by molar-refractivity contribution is -0.152. The summed E-state index contributed by atoms with van der Waals surface area (Å²) in [5, 5.41) is 9.62. The van der Waals surface area contributed by atoms with Crippen LogP contribution in [0.4, 0.5) is 0 Å². The standard InChI is InChI=1S/C15H22N2O2/c1-11(2)12-4-6-15(7-5-12,14(18)19)10-13-16-8-3-9-17-13/h3,8-9,11-12H,4-7,10H2,1-2H3,(H,18,19). The van der Waals surface area contributed by atoms with Crippen LogP contribution in [0.2, 0.25) is 0 Å². The highest BCUT2D eigenvalue weighted by molar-refractivity contribution is 5.75. The second-order valence-electron chi connectivity index (χ2n) is 6.01. The van der Waals surface area contributed by atoms with Crippen LogP contribution in [-0.2, 0) is 11.2 Å². The van der Waals surface area contributed by atoms with Crippen molar-refractivity contribution in [3.05, 3.63) is 24.3 Å². The smallest absolute Gasteiger partial charge is 0.310 e. The molecule has 1 heterocycles. The lowest BCUT2D eigenvalue weighted by atomic mass is 9.66. The minimum Gasteiger partial charge on any atom is -0.481 e. The first-order valence-corrected chi connectivity index (χ1v) is 7.03. The van der Waals surface area contributed by atoms with Crippen molar-refractivity contribution < 1.29 is 9.90 Å². The van der Waals surface area contributed by atoms with Crippen molar-refractivity contribution in [3.8, 4) is 0 Å². The Kier molecular flexibility index (Phi) is 4.17. The third-order valence-electron chi connectivity index (χ3n) is 4.50. The van der Waals surface area contributed by atoms with Crippen molar-refractivity contribution in [2.45, 2.75) is 46.0 Å². The number of nitrogens with zero attached hydrogens (tertiary/aromatic N) is 2. The summed E-state index contributed by atoms with van der Waals surface area (Å²) in [5.41, 5.74) is -0.660. The number of aliphatic carboxylic acids is 1. The highest BCUT2D eigenvalue weighted by atomic mass is 16.4. The van der Waals surface area contributed by atoms with Gasteiger partial charge in [-0.15, -0.1) is 0 Å². The summed E-state index contributed by atoms with van der Waals surface area (Å²) in [6, 6.07) is 1.76. The topological polar surface area (TPSA) is 63.1 Å². The summed E-state index contributed by atoms with van der Waals surface area (Å²) >= 11 is 0. The van der Waals surface area contributed by atoms with E-state index in [0.29, 0.717) is 24.1 Å². The van der Waals surface area contributed by atoms with Crippen molar-refractivity contribution >= 4 is 5.97 Å². The molecule has 1 aliphatic rings. The molecule has 0 amide bonds. The molecular formula is C15H22N2O2. The Morgan fingerprint density at radius 2 is 1.95 bits per heavy atom. The molecule has 1 aliphatic carbocycles. The molecule has 0 radical (unpaired) electrons. The molecule has 4 heteroatoms. The van der Waals surface area contributed by atoms with Gasteiger partial charge in [0.25, 0.3) is 0 Å². The average Bonchev–Trinajstić information content (AvgIpc) is 2.40. The van der Waals surface area contributed by atoms with Gasteiger partial charge in [-0.1, -0.05) is 13.8 Å². The normalized spacial score (nSPS) is 27.4. The van der Waals surface area contributed by atoms with Gasteiger partial charge in [0, 0.05) is 18.8 Å². The van der Waals surface area contributed by atoms with E-state index in [4.69, 9.17) is 0 Å². The lowest BCUT2D eigenvalue weighted by Crippen LogP contribution is -2.38. The van der Waals surface area contributed by atoms with E-state index in [0.717, 1.165) is 25.7 Å². The van der Waals surface area contributed by atoms with E-state index in [1.807, 2.05) is 0 Å². The van der Waals surface area contributed by atoms with Gasteiger partial charge in [0.15, 0.2) is 0 Å². The number of aromatic nitrogens is 2. The van der Waals surface area contributed by atoms with Crippen LogP contribution >= 0.6 is 0 Å². The van der Waals surface area contributed by atoms with Crippen molar-refractivity contribution in [2.75, 3.05) is 0 Å². The summed E-state index contributed by atoms with van der Waals surface area (Å²) in [5.74, 6) is 1.25. The van der Waals surface area contributed by atoms with Crippen molar-refractivity contribution in [1.29, 1.82) is 0 Å². The van der Waals surface area contributed by atoms with E-state index < -0.39 is 11.4 Å². The van der Waals surface area contributed by atoms with Gasteiger partial charge >= 0.3 is 5.97 Å². The van der Waals surface area contributed by atoms with Gasteiger partial charge in [0.1, 0.15) is 5.82 Å². The van der Waals surface area contributed by atoms with Gasteiger partial charge in [-0.3, -0.25) is 4.79 Å². The Morgan fingerprint density at radius 1 is 1.37 bits per heavy atom. The highest BCUT2D eigenvalue weighted by Crippen LogP contribution is 2.43. The minimum atomic E-state index is -0.692. The van der Waals surface area contributed by atoms with E-state index in [9.17, 15) is 9.90 Å². The third kappa shape index (κ3) is 3.11. The van der Waals surface area contributed by atoms with E-state index >= 15 is 0 Å². The zero-order chi connectivity index (χ0) is 13.9. The molecule has 104 valence electrons. The monoisotopic (exact) mass is 262 g/mol. The fourth-order valence-corrected chi connectivity index (χ4v) is 3.05. The minimum absolute atomic E-state index is 0.452. The molecule has 0 aromatic carbocycles. The molecule has 1 aromatic heterocycles. The number of carboxylic acids is 1. The van der Waals surface area contributed by atoms with Crippen LogP contribution in [0.1, 0.15) is 45.4 Å². The highest BCUT2D eigenvalue weighted by Gasteiger charge is 2.43. The first-order chi connectivity index (χ1) is 9.03. The van der Waals surface area contributed by atoms with Gasteiger partial charge in [0.2, 0.25) is 0 Å². The second kappa shape index (κ2) is 5.68. The molecule has 1 aromatic rings. The second-order valence-corrected chi connectivity index (χ2v) is 6.01.